The third-order valence-corrected chi connectivity index (χ3v) is 5.20. The van der Waals surface area contributed by atoms with Crippen molar-refractivity contribution in [2.24, 2.45) is 0 Å². The van der Waals surface area contributed by atoms with E-state index < -0.39 is 0 Å². The minimum Gasteiger partial charge on any atom is -0.494 e. The van der Waals surface area contributed by atoms with E-state index >= 15 is 0 Å². The van der Waals surface area contributed by atoms with Crippen molar-refractivity contribution in [3.63, 3.8) is 0 Å². The van der Waals surface area contributed by atoms with Crippen LogP contribution >= 0.6 is 11.8 Å². The Labute approximate surface area is 149 Å². The van der Waals surface area contributed by atoms with Crippen molar-refractivity contribution in [3.8, 4) is 11.5 Å². The Morgan fingerprint density at radius 1 is 1.17 bits per heavy atom. The first-order chi connectivity index (χ1) is 11.7. The summed E-state index contributed by atoms with van der Waals surface area (Å²) in [5, 5.41) is 3.12. The number of carbonyl (C=O) groups excluding carboxylic acids is 1. The molecule has 0 aromatic heterocycles. The van der Waals surface area contributed by atoms with Gasteiger partial charge in [0.2, 0.25) is 5.91 Å². The summed E-state index contributed by atoms with van der Waals surface area (Å²) in [6.07, 6.45) is 5.74. The van der Waals surface area contributed by atoms with E-state index in [0.717, 1.165) is 43.1 Å². The van der Waals surface area contributed by atoms with Gasteiger partial charge in [-0.1, -0.05) is 19.8 Å². The molecular weight excluding hydrogens is 322 g/mol. The van der Waals surface area contributed by atoms with Crippen LogP contribution in [0.15, 0.2) is 24.3 Å². The SMILES string of the molecule is CCCOc1ccc(OCCSC(C)C(=O)NC2CCCC2)cc1. The van der Waals surface area contributed by atoms with E-state index in [1.165, 1.54) is 12.8 Å². The van der Waals surface area contributed by atoms with E-state index in [-0.39, 0.29) is 11.2 Å². The fourth-order valence-electron chi connectivity index (χ4n) is 2.70. The van der Waals surface area contributed by atoms with Crippen molar-refractivity contribution < 1.29 is 14.3 Å². The zero-order chi connectivity index (χ0) is 17.2. The van der Waals surface area contributed by atoms with Crippen LogP contribution in [0.3, 0.4) is 0 Å². The highest BCUT2D eigenvalue weighted by atomic mass is 32.2. The highest BCUT2D eigenvalue weighted by molar-refractivity contribution is 8.00. The molecule has 1 N–H and O–H groups in total. The summed E-state index contributed by atoms with van der Waals surface area (Å²) >= 11 is 1.64. The highest BCUT2D eigenvalue weighted by Gasteiger charge is 2.20. The number of hydrogen-bond donors (Lipinski definition) is 1. The van der Waals surface area contributed by atoms with E-state index in [1.54, 1.807) is 11.8 Å². The number of amides is 1. The Morgan fingerprint density at radius 3 is 2.33 bits per heavy atom. The van der Waals surface area contributed by atoms with Gasteiger partial charge in [-0.15, -0.1) is 11.8 Å². The number of rotatable bonds is 10. The van der Waals surface area contributed by atoms with Gasteiger partial charge >= 0.3 is 0 Å². The van der Waals surface area contributed by atoms with Gasteiger partial charge < -0.3 is 14.8 Å². The van der Waals surface area contributed by atoms with Crippen molar-refractivity contribution in [2.75, 3.05) is 19.0 Å². The average Bonchev–Trinajstić information content (AvgIpc) is 3.10. The van der Waals surface area contributed by atoms with Crippen LogP contribution in [-0.4, -0.2) is 36.2 Å². The molecule has 1 saturated carbocycles. The maximum atomic E-state index is 12.1. The molecule has 2 rings (SSSR count). The van der Waals surface area contributed by atoms with Gasteiger partial charge in [0.1, 0.15) is 11.5 Å². The van der Waals surface area contributed by atoms with Gasteiger partial charge in [0.15, 0.2) is 0 Å². The summed E-state index contributed by atoms with van der Waals surface area (Å²) in [5.74, 6) is 2.66. The van der Waals surface area contributed by atoms with E-state index in [0.29, 0.717) is 12.6 Å². The lowest BCUT2D eigenvalue weighted by Crippen LogP contribution is -2.37. The molecule has 4 nitrogen and oxygen atoms in total. The Balaban J connectivity index is 1.60. The number of ether oxygens (including phenoxy) is 2. The third kappa shape index (κ3) is 6.63. The van der Waals surface area contributed by atoms with Gasteiger partial charge in [-0.2, -0.15) is 0 Å². The predicted molar refractivity (Wildman–Crippen MR) is 100 cm³/mol. The van der Waals surface area contributed by atoms with E-state index in [2.05, 4.69) is 12.2 Å². The molecule has 1 amide bonds. The molecule has 1 unspecified atom stereocenters. The van der Waals surface area contributed by atoms with Crippen LogP contribution < -0.4 is 14.8 Å². The largest absolute Gasteiger partial charge is 0.494 e. The summed E-state index contributed by atoms with van der Waals surface area (Å²) < 4.78 is 11.3. The quantitative estimate of drug-likeness (QED) is 0.647. The lowest BCUT2D eigenvalue weighted by Gasteiger charge is -2.16. The van der Waals surface area contributed by atoms with Crippen molar-refractivity contribution in [1.82, 2.24) is 5.32 Å². The number of carbonyl (C=O) groups is 1. The molecule has 0 saturated heterocycles. The maximum absolute atomic E-state index is 12.1. The van der Waals surface area contributed by atoms with Crippen LogP contribution in [-0.2, 0) is 4.79 Å². The molecule has 1 fully saturated rings. The van der Waals surface area contributed by atoms with Crippen LogP contribution in [0.25, 0.3) is 0 Å². The Bertz CT molecular complexity index is 486. The van der Waals surface area contributed by atoms with E-state index in [9.17, 15) is 4.79 Å². The zero-order valence-electron chi connectivity index (χ0n) is 14.8. The molecule has 0 aliphatic heterocycles. The van der Waals surface area contributed by atoms with Gasteiger partial charge in [0, 0.05) is 11.8 Å². The second-order valence-electron chi connectivity index (χ2n) is 6.17. The van der Waals surface area contributed by atoms with Gasteiger partial charge in [-0.3, -0.25) is 4.79 Å². The van der Waals surface area contributed by atoms with Crippen LogP contribution in [0.5, 0.6) is 11.5 Å². The molecule has 1 atom stereocenters. The van der Waals surface area contributed by atoms with Gasteiger partial charge in [-0.05, 0) is 50.5 Å². The summed E-state index contributed by atoms with van der Waals surface area (Å²) in [7, 11) is 0. The van der Waals surface area contributed by atoms with Crippen LogP contribution in [0.4, 0.5) is 0 Å². The smallest absolute Gasteiger partial charge is 0.233 e. The molecule has 134 valence electrons. The lowest BCUT2D eigenvalue weighted by atomic mass is 10.2. The van der Waals surface area contributed by atoms with Gasteiger partial charge in [-0.25, -0.2) is 0 Å². The number of thioether (sulfide) groups is 1. The zero-order valence-corrected chi connectivity index (χ0v) is 15.6. The molecule has 1 aliphatic rings. The lowest BCUT2D eigenvalue weighted by molar-refractivity contribution is -0.120. The second-order valence-corrected chi connectivity index (χ2v) is 7.62. The average molecular weight is 352 g/mol. The molecule has 5 heteroatoms. The van der Waals surface area contributed by atoms with E-state index in [1.807, 2.05) is 31.2 Å². The molecule has 0 heterocycles. The van der Waals surface area contributed by atoms with Crippen molar-refractivity contribution in [3.05, 3.63) is 24.3 Å². The normalized spacial score (nSPS) is 15.9. The topological polar surface area (TPSA) is 47.6 Å². The monoisotopic (exact) mass is 351 g/mol. The molecule has 1 aromatic rings. The first kappa shape index (κ1) is 19.0. The fraction of sp³-hybridized carbons (Fsp3) is 0.632. The third-order valence-electron chi connectivity index (χ3n) is 4.09. The van der Waals surface area contributed by atoms with Crippen molar-refractivity contribution in [2.45, 2.75) is 57.2 Å². The first-order valence-corrected chi connectivity index (χ1v) is 10.0. The van der Waals surface area contributed by atoms with Crippen LogP contribution in [0, 0.1) is 0 Å². The molecule has 1 aromatic carbocycles. The molecule has 24 heavy (non-hydrogen) atoms. The Hall–Kier alpha value is -1.36. The molecule has 0 bridgehead atoms. The maximum Gasteiger partial charge on any atom is 0.233 e. The molecule has 0 spiro atoms. The molecule has 0 radical (unpaired) electrons. The van der Waals surface area contributed by atoms with E-state index in [4.69, 9.17) is 9.47 Å². The van der Waals surface area contributed by atoms with Crippen LogP contribution in [0.1, 0.15) is 46.0 Å². The van der Waals surface area contributed by atoms with Crippen LogP contribution in [0.2, 0.25) is 0 Å². The first-order valence-electron chi connectivity index (χ1n) is 8.96. The highest BCUT2D eigenvalue weighted by Crippen LogP contribution is 2.20. The summed E-state index contributed by atoms with van der Waals surface area (Å²) in [6.45, 7) is 5.39. The van der Waals surface area contributed by atoms with Crippen molar-refractivity contribution in [1.29, 1.82) is 0 Å². The molecule has 1 aliphatic carbocycles. The Morgan fingerprint density at radius 2 is 1.75 bits per heavy atom. The number of nitrogens with one attached hydrogen (secondary N) is 1. The predicted octanol–water partition coefficient (Wildman–Crippen LogP) is 4.03. The van der Waals surface area contributed by atoms with Gasteiger partial charge in [0.25, 0.3) is 0 Å². The minimum atomic E-state index is -0.0287. The second kappa shape index (κ2) is 10.5. The summed E-state index contributed by atoms with van der Waals surface area (Å²) in [6, 6.07) is 8.09. The molecular formula is C19H29NO3S. The Kier molecular flexibility index (Phi) is 8.29. The summed E-state index contributed by atoms with van der Waals surface area (Å²) in [4.78, 5) is 12.1. The standard InChI is InChI=1S/C19H29NO3S/c1-3-12-22-17-8-10-18(11-9-17)23-13-14-24-15(2)19(21)20-16-6-4-5-7-16/h8-11,15-16H,3-7,12-14H2,1-2H3,(H,20,21). The summed E-state index contributed by atoms with van der Waals surface area (Å²) in [5.41, 5.74) is 0. The number of benzene rings is 1. The van der Waals surface area contributed by atoms with Gasteiger partial charge in [0.05, 0.1) is 18.5 Å². The number of hydrogen-bond acceptors (Lipinski definition) is 4. The minimum absolute atomic E-state index is 0.0287. The fourth-order valence-corrected chi connectivity index (χ4v) is 3.45. The van der Waals surface area contributed by atoms with Crippen molar-refractivity contribution >= 4 is 17.7 Å².